The maximum Gasteiger partial charge on any atom is 0.303 e. The Labute approximate surface area is 215 Å². The molecule has 1 atom stereocenters. The minimum atomic E-state index is -0.653. The number of nitrogens with zero attached hydrogens (tertiary/aromatic N) is 1. The van der Waals surface area contributed by atoms with Crippen molar-refractivity contribution in [2.24, 2.45) is 0 Å². The Morgan fingerprint density at radius 1 is 0.629 bits per heavy atom. The summed E-state index contributed by atoms with van der Waals surface area (Å²) < 4.78 is 0. The lowest BCUT2D eigenvalue weighted by Crippen LogP contribution is -2.32. The predicted molar refractivity (Wildman–Crippen MR) is 144 cm³/mol. The molecule has 35 heavy (non-hydrogen) atoms. The van der Waals surface area contributed by atoms with Crippen LogP contribution >= 0.6 is 0 Å². The Kier molecular flexibility index (Phi) is 39.2. The van der Waals surface area contributed by atoms with Crippen LogP contribution in [0.2, 0.25) is 0 Å². The van der Waals surface area contributed by atoms with Crippen LogP contribution in [0.4, 0.5) is 0 Å². The summed E-state index contributed by atoms with van der Waals surface area (Å²) in [5, 5.41) is 50.0. The molecule has 0 aliphatic carbocycles. The number of aliphatic hydroxyl groups excluding tert-OH is 5. The minimum absolute atomic E-state index is 0.0694. The van der Waals surface area contributed by atoms with Crippen molar-refractivity contribution >= 4 is 5.97 Å². The first kappa shape index (κ1) is 38.8. The van der Waals surface area contributed by atoms with Gasteiger partial charge in [-0.3, -0.25) is 9.69 Å². The van der Waals surface area contributed by atoms with Crippen LogP contribution in [0.15, 0.2) is 0 Å². The first-order valence-electron chi connectivity index (χ1n) is 13.9. The molecule has 214 valence electrons. The Morgan fingerprint density at radius 2 is 0.914 bits per heavy atom. The molecule has 0 aromatic heterocycles. The lowest BCUT2D eigenvalue weighted by Gasteiger charge is -2.17. The number of hydrogen-bond acceptors (Lipinski definition) is 7. The average Bonchev–Trinajstić information content (AvgIpc) is 2.82. The zero-order valence-corrected chi connectivity index (χ0v) is 22.9. The van der Waals surface area contributed by atoms with E-state index in [1.807, 2.05) is 0 Å². The summed E-state index contributed by atoms with van der Waals surface area (Å²) in [4.78, 5) is 12.1. The summed E-state index contributed by atoms with van der Waals surface area (Å²) in [6, 6.07) is 0. The largest absolute Gasteiger partial charge is 0.481 e. The van der Waals surface area contributed by atoms with Crippen molar-refractivity contribution < 1.29 is 35.4 Å². The lowest BCUT2D eigenvalue weighted by molar-refractivity contribution is -0.137. The number of rotatable bonds is 23. The molecule has 0 amide bonds. The second-order valence-electron chi connectivity index (χ2n) is 9.14. The lowest BCUT2D eigenvalue weighted by atomic mass is 10.0. The Bertz CT molecular complexity index is 370. The molecule has 0 aliphatic rings. The van der Waals surface area contributed by atoms with Gasteiger partial charge in [-0.2, -0.15) is 0 Å². The summed E-state index contributed by atoms with van der Waals surface area (Å²) >= 11 is 0. The van der Waals surface area contributed by atoms with E-state index >= 15 is 0 Å². The molecule has 8 nitrogen and oxygen atoms in total. The van der Waals surface area contributed by atoms with Gasteiger partial charge < -0.3 is 30.6 Å². The van der Waals surface area contributed by atoms with Gasteiger partial charge in [0.25, 0.3) is 0 Å². The molecule has 0 bridgehead atoms. The second-order valence-corrected chi connectivity index (χ2v) is 9.14. The molecule has 0 aromatic rings. The quantitative estimate of drug-likeness (QED) is 0.114. The fourth-order valence-electron chi connectivity index (χ4n) is 3.41. The number of unbranched alkanes of at least 4 members (excludes halogenated alkanes) is 14. The van der Waals surface area contributed by atoms with Crippen molar-refractivity contribution in [3.05, 3.63) is 0 Å². The van der Waals surface area contributed by atoms with Gasteiger partial charge in [-0.05, 0) is 13.3 Å². The summed E-state index contributed by atoms with van der Waals surface area (Å²) in [6.45, 7) is 5.41. The molecule has 0 radical (unpaired) electrons. The monoisotopic (exact) mass is 509 g/mol. The molecule has 0 saturated carbocycles. The van der Waals surface area contributed by atoms with Crippen LogP contribution in [0.1, 0.15) is 117 Å². The smallest absolute Gasteiger partial charge is 0.303 e. The number of carbonyl (C=O) groups is 1. The van der Waals surface area contributed by atoms with E-state index in [1.54, 1.807) is 4.90 Å². The van der Waals surface area contributed by atoms with Gasteiger partial charge in [0, 0.05) is 26.1 Å². The zero-order chi connectivity index (χ0) is 27.0. The predicted octanol–water partition coefficient (Wildman–Crippen LogP) is 3.96. The number of aliphatic hydroxyl groups is 5. The molecule has 0 rings (SSSR count). The van der Waals surface area contributed by atoms with Gasteiger partial charge in [-0.25, -0.2) is 0 Å². The standard InChI is InChI=1S/C18H36O2.C6H15NO3.C3H8O2/c1-2-3-4-5-6-7-8-9-10-11-12-13-14-15-16-17-18(19)20;8-4-1-7(2-5-9)3-6-10;1-3(5)2-4/h2-17H2,1H3,(H,19,20);8-10H,1-6H2;3-5H,2H2,1H3. The normalized spacial score (nSPS) is 11.4. The van der Waals surface area contributed by atoms with Gasteiger partial charge in [-0.15, -0.1) is 0 Å². The van der Waals surface area contributed by atoms with Gasteiger partial charge in [0.1, 0.15) is 0 Å². The first-order valence-corrected chi connectivity index (χ1v) is 13.9. The van der Waals surface area contributed by atoms with E-state index in [-0.39, 0.29) is 26.4 Å². The number of aliphatic carboxylic acids is 1. The van der Waals surface area contributed by atoms with Crippen molar-refractivity contribution in [2.45, 2.75) is 123 Å². The Morgan fingerprint density at radius 3 is 1.14 bits per heavy atom. The fourth-order valence-corrected chi connectivity index (χ4v) is 3.41. The molecular weight excluding hydrogens is 450 g/mol. The van der Waals surface area contributed by atoms with E-state index in [0.717, 1.165) is 12.8 Å². The van der Waals surface area contributed by atoms with Crippen molar-refractivity contribution in [2.75, 3.05) is 46.1 Å². The van der Waals surface area contributed by atoms with Crippen LogP contribution < -0.4 is 0 Å². The molecule has 0 spiro atoms. The van der Waals surface area contributed by atoms with E-state index < -0.39 is 12.1 Å². The van der Waals surface area contributed by atoms with Crippen LogP contribution in [0.3, 0.4) is 0 Å². The van der Waals surface area contributed by atoms with Crippen molar-refractivity contribution in [1.82, 2.24) is 4.90 Å². The van der Waals surface area contributed by atoms with Crippen molar-refractivity contribution in [1.29, 1.82) is 0 Å². The van der Waals surface area contributed by atoms with Crippen molar-refractivity contribution in [3.63, 3.8) is 0 Å². The SMILES string of the molecule is CC(O)CO.CCCCCCCCCCCCCCCCCC(=O)O.OCCN(CCO)CCO. The van der Waals surface area contributed by atoms with E-state index in [2.05, 4.69) is 6.92 Å². The van der Waals surface area contributed by atoms with E-state index in [9.17, 15) is 4.79 Å². The fraction of sp³-hybridized carbons (Fsp3) is 0.963. The highest BCUT2D eigenvalue weighted by atomic mass is 16.4. The van der Waals surface area contributed by atoms with Crippen LogP contribution in [0, 0.1) is 0 Å². The van der Waals surface area contributed by atoms with Crippen LogP contribution in [-0.2, 0) is 4.79 Å². The second kappa shape index (κ2) is 35.4. The van der Waals surface area contributed by atoms with Gasteiger partial charge in [0.15, 0.2) is 0 Å². The highest BCUT2D eigenvalue weighted by molar-refractivity contribution is 5.66. The summed E-state index contributed by atoms with van der Waals surface area (Å²) in [5.74, 6) is -0.653. The molecule has 0 aliphatic heterocycles. The third-order valence-electron chi connectivity index (χ3n) is 5.51. The van der Waals surface area contributed by atoms with E-state index in [4.69, 9.17) is 30.6 Å². The van der Waals surface area contributed by atoms with Crippen molar-refractivity contribution in [3.8, 4) is 0 Å². The zero-order valence-electron chi connectivity index (χ0n) is 22.9. The maximum absolute atomic E-state index is 10.3. The molecule has 0 saturated heterocycles. The Hall–Kier alpha value is -0.770. The Balaban J connectivity index is -0.000000563. The third kappa shape index (κ3) is 43.7. The van der Waals surface area contributed by atoms with Gasteiger partial charge in [0.05, 0.1) is 32.5 Å². The molecule has 1 unspecified atom stereocenters. The van der Waals surface area contributed by atoms with Crippen LogP contribution in [0.25, 0.3) is 0 Å². The van der Waals surface area contributed by atoms with E-state index in [1.165, 1.54) is 90.4 Å². The van der Waals surface area contributed by atoms with Crippen LogP contribution in [-0.4, -0.2) is 93.7 Å². The van der Waals surface area contributed by atoms with Crippen LogP contribution in [0.5, 0.6) is 0 Å². The van der Waals surface area contributed by atoms with Gasteiger partial charge >= 0.3 is 5.97 Å². The molecule has 0 aromatic carbocycles. The summed E-state index contributed by atoms with van der Waals surface area (Å²) in [7, 11) is 0. The summed E-state index contributed by atoms with van der Waals surface area (Å²) in [6.07, 6.45) is 19.6. The van der Waals surface area contributed by atoms with Gasteiger partial charge in [0.2, 0.25) is 0 Å². The molecular formula is C27H59NO7. The van der Waals surface area contributed by atoms with E-state index in [0.29, 0.717) is 26.1 Å². The maximum atomic E-state index is 10.3. The highest BCUT2D eigenvalue weighted by Crippen LogP contribution is 2.13. The number of carboxylic acids is 1. The number of carboxylic acid groups (broad SMARTS) is 1. The molecule has 6 N–H and O–H groups in total. The first-order chi connectivity index (χ1) is 16.9. The molecule has 0 heterocycles. The molecule has 0 fully saturated rings. The van der Waals surface area contributed by atoms with Gasteiger partial charge in [-0.1, -0.05) is 96.8 Å². The molecule has 8 heteroatoms. The minimum Gasteiger partial charge on any atom is -0.481 e. The number of hydrogen-bond donors (Lipinski definition) is 6. The highest BCUT2D eigenvalue weighted by Gasteiger charge is 2.00. The third-order valence-corrected chi connectivity index (χ3v) is 5.51. The summed E-state index contributed by atoms with van der Waals surface area (Å²) in [5.41, 5.74) is 0. The average molecular weight is 510 g/mol. The topological polar surface area (TPSA) is 142 Å².